The first-order chi connectivity index (χ1) is 17.8. The number of aryl methyl sites for hydroxylation is 1. The predicted molar refractivity (Wildman–Crippen MR) is 137 cm³/mol. The Balaban J connectivity index is 1.32. The number of halogens is 3. The van der Waals surface area contributed by atoms with Crippen molar-refractivity contribution in [2.24, 2.45) is 11.8 Å². The van der Waals surface area contributed by atoms with Gasteiger partial charge >= 0.3 is 6.18 Å². The zero-order valence-electron chi connectivity index (χ0n) is 20.6. The van der Waals surface area contributed by atoms with Crippen LogP contribution in [-0.2, 0) is 12.7 Å². The number of likely N-dealkylation sites (tertiary alicyclic amines) is 1. The summed E-state index contributed by atoms with van der Waals surface area (Å²) in [4.78, 5) is 19.1. The van der Waals surface area contributed by atoms with Gasteiger partial charge in [-0.3, -0.25) is 14.7 Å². The number of hydrogen-bond acceptors (Lipinski definition) is 3. The molecule has 7 heteroatoms. The van der Waals surface area contributed by atoms with Gasteiger partial charge in [-0.15, -0.1) is 0 Å². The summed E-state index contributed by atoms with van der Waals surface area (Å²) in [6, 6.07) is 12.8. The third-order valence-electron chi connectivity index (χ3n) is 7.17. The Bertz CT molecular complexity index is 1350. The highest BCUT2D eigenvalue weighted by atomic mass is 19.4. The molecule has 37 heavy (non-hydrogen) atoms. The van der Waals surface area contributed by atoms with Gasteiger partial charge in [0.25, 0.3) is 5.91 Å². The fourth-order valence-corrected chi connectivity index (χ4v) is 4.93. The van der Waals surface area contributed by atoms with Crippen LogP contribution in [0.3, 0.4) is 0 Å². The molecule has 0 bridgehead atoms. The van der Waals surface area contributed by atoms with Gasteiger partial charge in [-0.25, -0.2) is 0 Å². The second-order valence-electron chi connectivity index (χ2n) is 9.97. The Hall–Kier alpha value is -3.63. The molecule has 1 saturated heterocycles. The van der Waals surface area contributed by atoms with Crippen molar-refractivity contribution in [1.29, 1.82) is 0 Å². The number of hydrogen-bond donors (Lipinski definition) is 1. The van der Waals surface area contributed by atoms with E-state index in [9.17, 15) is 18.0 Å². The average molecular weight is 504 g/mol. The normalized spacial score (nSPS) is 17.8. The fourth-order valence-electron chi connectivity index (χ4n) is 4.93. The SMILES string of the molecule is Cc1ccc(C(=O)Nc2ccc(CN3CCC(C4CC4)C3)c(C(F)(F)F)c2)cc1C#Cc1cccnc1. The molecule has 4 nitrogen and oxygen atoms in total. The van der Waals surface area contributed by atoms with Gasteiger partial charge in [0.15, 0.2) is 0 Å². The van der Waals surface area contributed by atoms with E-state index in [1.54, 1.807) is 42.7 Å². The summed E-state index contributed by atoms with van der Waals surface area (Å²) in [7, 11) is 0. The third kappa shape index (κ3) is 6.20. The Morgan fingerprint density at radius 2 is 1.92 bits per heavy atom. The van der Waals surface area contributed by atoms with Crippen LogP contribution in [0, 0.1) is 30.6 Å². The first-order valence-corrected chi connectivity index (χ1v) is 12.5. The molecular weight excluding hydrogens is 475 g/mol. The molecule has 2 aromatic carbocycles. The first-order valence-electron chi connectivity index (χ1n) is 12.5. The average Bonchev–Trinajstić information content (AvgIpc) is 3.63. The molecule has 1 N–H and O–H groups in total. The van der Waals surface area contributed by atoms with E-state index >= 15 is 0 Å². The monoisotopic (exact) mass is 503 g/mol. The molecule has 190 valence electrons. The number of carbonyl (C=O) groups is 1. The van der Waals surface area contributed by atoms with Gasteiger partial charge in [0, 0.05) is 47.9 Å². The molecular formula is C30H28F3N3O. The van der Waals surface area contributed by atoms with Crippen LogP contribution in [-0.4, -0.2) is 28.9 Å². The maximum absolute atomic E-state index is 13.9. The Morgan fingerprint density at radius 1 is 1.08 bits per heavy atom. The number of amides is 1. The van der Waals surface area contributed by atoms with Crippen molar-refractivity contribution in [3.63, 3.8) is 0 Å². The van der Waals surface area contributed by atoms with Crippen LogP contribution < -0.4 is 5.32 Å². The first kappa shape index (κ1) is 25.0. The van der Waals surface area contributed by atoms with Gasteiger partial charge in [0.2, 0.25) is 0 Å². The molecule has 1 atom stereocenters. The highest BCUT2D eigenvalue weighted by Crippen LogP contribution is 2.42. The number of aromatic nitrogens is 1. The molecule has 0 radical (unpaired) electrons. The van der Waals surface area contributed by atoms with Gasteiger partial charge in [-0.2, -0.15) is 13.2 Å². The minimum Gasteiger partial charge on any atom is -0.322 e. The van der Waals surface area contributed by atoms with E-state index in [-0.39, 0.29) is 17.8 Å². The number of benzene rings is 2. The quantitative estimate of drug-likeness (QED) is 0.416. The van der Waals surface area contributed by atoms with E-state index in [1.807, 2.05) is 13.0 Å². The second-order valence-corrected chi connectivity index (χ2v) is 9.97. The summed E-state index contributed by atoms with van der Waals surface area (Å²) < 4.78 is 41.8. The van der Waals surface area contributed by atoms with E-state index < -0.39 is 17.6 Å². The van der Waals surface area contributed by atoms with Crippen LogP contribution in [0.25, 0.3) is 0 Å². The largest absolute Gasteiger partial charge is 0.416 e. The lowest BCUT2D eigenvalue weighted by molar-refractivity contribution is -0.138. The number of carbonyl (C=O) groups excluding carboxylic acids is 1. The lowest BCUT2D eigenvalue weighted by atomic mass is 10.0. The zero-order chi connectivity index (χ0) is 26.0. The molecule has 2 fully saturated rings. The summed E-state index contributed by atoms with van der Waals surface area (Å²) in [5, 5.41) is 2.63. The molecule has 2 aliphatic rings. The number of pyridine rings is 1. The predicted octanol–water partition coefficient (Wildman–Crippen LogP) is 6.29. The molecule has 1 aromatic heterocycles. The minimum absolute atomic E-state index is 0.113. The van der Waals surface area contributed by atoms with Crippen LogP contribution in [0.4, 0.5) is 18.9 Å². The summed E-state index contributed by atoms with van der Waals surface area (Å²) >= 11 is 0. The highest BCUT2D eigenvalue weighted by Gasteiger charge is 2.38. The summed E-state index contributed by atoms with van der Waals surface area (Å²) in [6.45, 7) is 3.84. The van der Waals surface area contributed by atoms with E-state index in [1.165, 1.54) is 18.9 Å². The molecule has 2 heterocycles. The summed E-state index contributed by atoms with van der Waals surface area (Å²) in [5.74, 6) is 6.95. The van der Waals surface area contributed by atoms with Crippen molar-refractivity contribution in [3.05, 3.63) is 94.3 Å². The lowest BCUT2D eigenvalue weighted by Crippen LogP contribution is -2.23. The molecule has 3 aromatic rings. The third-order valence-corrected chi connectivity index (χ3v) is 7.17. The molecule has 0 spiro atoms. The highest BCUT2D eigenvalue weighted by molar-refractivity contribution is 6.04. The van der Waals surface area contributed by atoms with E-state index in [4.69, 9.17) is 0 Å². The van der Waals surface area contributed by atoms with Gasteiger partial charge in [0.05, 0.1) is 5.56 Å². The molecule has 1 amide bonds. The molecule has 1 unspecified atom stereocenters. The minimum atomic E-state index is -4.51. The van der Waals surface area contributed by atoms with Gasteiger partial charge < -0.3 is 5.32 Å². The van der Waals surface area contributed by atoms with Gasteiger partial charge in [0.1, 0.15) is 0 Å². The maximum Gasteiger partial charge on any atom is 0.416 e. The number of nitrogens with one attached hydrogen (secondary N) is 1. The van der Waals surface area contributed by atoms with Crippen LogP contribution in [0.1, 0.15) is 57.4 Å². The molecule has 5 rings (SSSR count). The summed E-state index contributed by atoms with van der Waals surface area (Å²) in [5.41, 5.74) is 2.27. The van der Waals surface area contributed by atoms with Crippen molar-refractivity contribution in [2.75, 3.05) is 18.4 Å². The van der Waals surface area contributed by atoms with Crippen LogP contribution in [0.2, 0.25) is 0 Å². The van der Waals surface area contributed by atoms with E-state index in [2.05, 4.69) is 27.0 Å². The summed E-state index contributed by atoms with van der Waals surface area (Å²) in [6.07, 6.45) is 2.36. The van der Waals surface area contributed by atoms with Gasteiger partial charge in [-0.1, -0.05) is 24.0 Å². The number of nitrogens with zero attached hydrogens (tertiary/aromatic N) is 2. The zero-order valence-corrected chi connectivity index (χ0v) is 20.6. The molecule has 1 aliphatic heterocycles. The smallest absolute Gasteiger partial charge is 0.322 e. The van der Waals surface area contributed by atoms with Crippen LogP contribution in [0.5, 0.6) is 0 Å². The standard InChI is InChI=1S/C30H28F3N3O/c1-20-4-6-24(15-23(20)7-5-21-3-2-13-34-17-21)29(37)35-27-11-10-26(28(16-27)30(31,32)33)19-36-14-12-25(18-36)22-8-9-22/h2-4,6,10-11,13,15-17,22,25H,8-9,12,14,18-19H2,1H3,(H,35,37). The number of alkyl halides is 3. The van der Waals surface area contributed by atoms with Crippen molar-refractivity contribution in [3.8, 4) is 11.8 Å². The lowest BCUT2D eigenvalue weighted by Gasteiger charge is -2.20. The van der Waals surface area contributed by atoms with E-state index in [0.29, 0.717) is 17.0 Å². The Morgan fingerprint density at radius 3 is 2.65 bits per heavy atom. The maximum atomic E-state index is 13.9. The number of anilines is 1. The number of rotatable bonds is 5. The van der Waals surface area contributed by atoms with Crippen molar-refractivity contribution in [1.82, 2.24) is 9.88 Å². The van der Waals surface area contributed by atoms with Crippen LogP contribution in [0.15, 0.2) is 60.9 Å². The van der Waals surface area contributed by atoms with Crippen molar-refractivity contribution >= 4 is 11.6 Å². The van der Waals surface area contributed by atoms with Crippen LogP contribution >= 0.6 is 0 Å². The van der Waals surface area contributed by atoms with E-state index in [0.717, 1.165) is 42.6 Å². The Labute approximate surface area is 214 Å². The van der Waals surface area contributed by atoms with Crippen molar-refractivity contribution < 1.29 is 18.0 Å². The van der Waals surface area contributed by atoms with Crippen molar-refractivity contribution in [2.45, 2.75) is 38.9 Å². The molecule has 1 aliphatic carbocycles. The molecule has 1 saturated carbocycles. The van der Waals surface area contributed by atoms with Gasteiger partial charge in [-0.05, 0) is 92.1 Å². The topological polar surface area (TPSA) is 45.2 Å². The fraction of sp³-hybridized carbons (Fsp3) is 0.333. The Kier molecular flexibility index (Phi) is 7.03. The second kappa shape index (κ2) is 10.4.